The number of hydrogen-bond acceptors (Lipinski definition) is 2. The molecule has 0 aliphatic carbocycles. The maximum absolute atomic E-state index is 8.78. The summed E-state index contributed by atoms with van der Waals surface area (Å²) < 4.78 is 0. The fourth-order valence-electron chi connectivity index (χ4n) is 0.702. The van der Waals surface area contributed by atoms with Gasteiger partial charge in [-0.25, -0.2) is 0 Å². The highest BCUT2D eigenvalue weighted by molar-refractivity contribution is 4.73. The molecule has 0 aromatic heterocycles. The van der Waals surface area contributed by atoms with Gasteiger partial charge in [0, 0.05) is 6.61 Å². The lowest BCUT2D eigenvalue weighted by Gasteiger charge is -2.27. The van der Waals surface area contributed by atoms with Crippen LogP contribution in [0.5, 0.6) is 0 Å². The summed E-state index contributed by atoms with van der Waals surface area (Å²) >= 11 is 0. The molecule has 0 heterocycles. The highest BCUT2D eigenvalue weighted by Crippen LogP contribution is 2.23. The lowest BCUT2D eigenvalue weighted by Crippen LogP contribution is -2.30. The summed E-state index contributed by atoms with van der Waals surface area (Å²) in [5.74, 6) is 0.234. The van der Waals surface area contributed by atoms with Crippen LogP contribution in [0.1, 0.15) is 20.8 Å². The summed E-state index contributed by atoms with van der Waals surface area (Å²) in [6.45, 7) is 7.02. The Hall–Kier alpha value is -0.0800. The molecule has 0 saturated carbocycles. The van der Waals surface area contributed by atoms with Gasteiger partial charge in [-0.2, -0.15) is 0 Å². The van der Waals surface area contributed by atoms with Crippen molar-refractivity contribution in [3.63, 3.8) is 0 Å². The summed E-state index contributed by atoms with van der Waals surface area (Å²) in [6.07, 6.45) is 0. The van der Waals surface area contributed by atoms with E-state index in [0.29, 0.717) is 6.54 Å². The average molecular weight is 131 g/mol. The minimum atomic E-state index is 0.142. The first kappa shape index (κ1) is 8.92. The molecule has 0 aromatic carbocycles. The maximum Gasteiger partial charge on any atom is 0.0476 e. The van der Waals surface area contributed by atoms with Gasteiger partial charge in [-0.3, -0.25) is 0 Å². The molecule has 1 atom stereocenters. The number of aliphatic hydroxyl groups excluding tert-OH is 1. The fraction of sp³-hybridized carbons (Fsp3) is 1.00. The van der Waals surface area contributed by atoms with Crippen LogP contribution in [0, 0.1) is 11.3 Å². The molecule has 0 fully saturated rings. The second-order valence-corrected chi connectivity index (χ2v) is 3.48. The lowest BCUT2D eigenvalue weighted by molar-refractivity contribution is 0.137. The molecule has 3 N–H and O–H groups in total. The molecule has 2 nitrogen and oxygen atoms in total. The first-order chi connectivity index (χ1) is 4.02. The van der Waals surface area contributed by atoms with Crippen molar-refractivity contribution >= 4 is 0 Å². The topological polar surface area (TPSA) is 46.2 Å². The zero-order chi connectivity index (χ0) is 7.49. The molecule has 0 bridgehead atoms. The van der Waals surface area contributed by atoms with E-state index in [2.05, 4.69) is 20.8 Å². The molecule has 9 heavy (non-hydrogen) atoms. The number of hydrogen-bond donors (Lipinski definition) is 2. The molecular weight excluding hydrogens is 114 g/mol. The van der Waals surface area contributed by atoms with E-state index in [1.165, 1.54) is 0 Å². The Kier molecular flexibility index (Phi) is 3.15. The molecular formula is C7H17NO. The molecule has 0 spiro atoms. The van der Waals surface area contributed by atoms with Crippen LogP contribution in [0.2, 0.25) is 0 Å². The molecule has 2 heteroatoms. The van der Waals surface area contributed by atoms with Crippen molar-refractivity contribution in [3.05, 3.63) is 0 Å². The molecule has 0 aliphatic rings. The van der Waals surface area contributed by atoms with Gasteiger partial charge >= 0.3 is 0 Å². The quantitative estimate of drug-likeness (QED) is 0.576. The fourth-order valence-corrected chi connectivity index (χ4v) is 0.702. The van der Waals surface area contributed by atoms with E-state index in [1.807, 2.05) is 0 Å². The smallest absolute Gasteiger partial charge is 0.0476 e. The Bertz CT molecular complexity index is 71.5. The second-order valence-electron chi connectivity index (χ2n) is 3.48. The lowest BCUT2D eigenvalue weighted by atomic mass is 9.81. The second kappa shape index (κ2) is 3.18. The first-order valence-electron chi connectivity index (χ1n) is 3.33. The summed E-state index contributed by atoms with van der Waals surface area (Å²) in [4.78, 5) is 0. The van der Waals surface area contributed by atoms with Gasteiger partial charge in [0.05, 0.1) is 0 Å². The summed E-state index contributed by atoms with van der Waals surface area (Å²) in [6, 6.07) is 0. The molecule has 0 rings (SSSR count). The van der Waals surface area contributed by atoms with Gasteiger partial charge in [0.2, 0.25) is 0 Å². The highest BCUT2D eigenvalue weighted by Gasteiger charge is 2.21. The number of nitrogens with two attached hydrogens (primary N) is 1. The molecule has 0 radical (unpaired) electrons. The number of aliphatic hydroxyl groups is 1. The molecule has 0 aliphatic heterocycles. The monoisotopic (exact) mass is 131 g/mol. The Morgan fingerprint density at radius 1 is 1.44 bits per heavy atom. The van der Waals surface area contributed by atoms with Gasteiger partial charge in [-0.1, -0.05) is 20.8 Å². The van der Waals surface area contributed by atoms with E-state index in [4.69, 9.17) is 10.8 Å². The molecule has 0 aromatic rings. The van der Waals surface area contributed by atoms with Gasteiger partial charge in [0.15, 0.2) is 0 Å². The van der Waals surface area contributed by atoms with E-state index in [-0.39, 0.29) is 17.9 Å². The summed E-state index contributed by atoms with van der Waals surface area (Å²) in [5, 5.41) is 8.78. The maximum atomic E-state index is 8.78. The van der Waals surface area contributed by atoms with E-state index < -0.39 is 0 Å². The van der Waals surface area contributed by atoms with Crippen molar-refractivity contribution in [1.29, 1.82) is 0 Å². The van der Waals surface area contributed by atoms with Crippen molar-refractivity contribution in [2.24, 2.45) is 17.1 Å². The zero-order valence-electron chi connectivity index (χ0n) is 6.52. The minimum absolute atomic E-state index is 0.142. The average Bonchev–Trinajstić information content (AvgIpc) is 1.65. The molecule has 0 amide bonds. The van der Waals surface area contributed by atoms with Crippen LogP contribution in [-0.4, -0.2) is 18.3 Å². The van der Waals surface area contributed by atoms with Crippen molar-refractivity contribution < 1.29 is 5.11 Å². The van der Waals surface area contributed by atoms with Gasteiger partial charge in [0.1, 0.15) is 0 Å². The van der Waals surface area contributed by atoms with E-state index in [9.17, 15) is 0 Å². The first-order valence-corrected chi connectivity index (χ1v) is 3.33. The van der Waals surface area contributed by atoms with E-state index >= 15 is 0 Å². The summed E-state index contributed by atoms with van der Waals surface area (Å²) in [7, 11) is 0. The predicted molar refractivity (Wildman–Crippen MR) is 39.1 cm³/mol. The van der Waals surface area contributed by atoms with Gasteiger partial charge in [-0.15, -0.1) is 0 Å². The van der Waals surface area contributed by atoms with Gasteiger partial charge in [-0.05, 0) is 17.9 Å². The summed E-state index contributed by atoms with van der Waals surface area (Å²) in [5.41, 5.74) is 5.55. The van der Waals surface area contributed by atoms with Crippen LogP contribution in [0.25, 0.3) is 0 Å². The van der Waals surface area contributed by atoms with Gasteiger partial charge in [0.25, 0.3) is 0 Å². The standard InChI is InChI=1S/C7H17NO/c1-7(2,3)6(4-8)5-9/h6,9H,4-5,8H2,1-3H3/t6-/m0/s1. The Balaban J connectivity index is 3.79. The van der Waals surface area contributed by atoms with Crippen LogP contribution >= 0.6 is 0 Å². The van der Waals surface area contributed by atoms with Crippen molar-refractivity contribution in [1.82, 2.24) is 0 Å². The van der Waals surface area contributed by atoms with Crippen LogP contribution in [0.4, 0.5) is 0 Å². The Labute approximate surface area is 57.1 Å². The Morgan fingerprint density at radius 2 is 1.89 bits per heavy atom. The number of rotatable bonds is 2. The highest BCUT2D eigenvalue weighted by atomic mass is 16.3. The normalized spacial score (nSPS) is 15.7. The van der Waals surface area contributed by atoms with Crippen molar-refractivity contribution in [2.45, 2.75) is 20.8 Å². The molecule has 0 unspecified atom stereocenters. The zero-order valence-corrected chi connectivity index (χ0v) is 6.52. The van der Waals surface area contributed by atoms with Crippen LogP contribution in [-0.2, 0) is 0 Å². The third-order valence-corrected chi connectivity index (χ3v) is 1.73. The Morgan fingerprint density at radius 3 is 1.89 bits per heavy atom. The largest absolute Gasteiger partial charge is 0.396 e. The van der Waals surface area contributed by atoms with Crippen LogP contribution in [0.15, 0.2) is 0 Å². The molecule has 56 valence electrons. The third-order valence-electron chi connectivity index (χ3n) is 1.73. The van der Waals surface area contributed by atoms with Gasteiger partial charge < -0.3 is 10.8 Å². The van der Waals surface area contributed by atoms with E-state index in [0.717, 1.165) is 0 Å². The van der Waals surface area contributed by atoms with Crippen molar-refractivity contribution in [3.8, 4) is 0 Å². The van der Waals surface area contributed by atoms with Crippen molar-refractivity contribution in [2.75, 3.05) is 13.2 Å². The minimum Gasteiger partial charge on any atom is -0.396 e. The van der Waals surface area contributed by atoms with E-state index in [1.54, 1.807) is 0 Å². The third kappa shape index (κ3) is 2.82. The SMILES string of the molecule is CC(C)(C)[C@@H](CN)CO. The predicted octanol–water partition coefficient (Wildman–Crippen LogP) is 0.600. The van der Waals surface area contributed by atoms with Crippen LogP contribution in [0.3, 0.4) is 0 Å². The van der Waals surface area contributed by atoms with Crippen LogP contribution < -0.4 is 5.73 Å². The molecule has 0 saturated heterocycles.